The molecule has 4 rings (SSSR count). The van der Waals surface area contributed by atoms with E-state index >= 15 is 0 Å². The molecular formula is C25H28N4O4. The van der Waals surface area contributed by atoms with Crippen molar-refractivity contribution in [3.63, 3.8) is 0 Å². The van der Waals surface area contributed by atoms with Crippen LogP contribution in [0.25, 0.3) is 11.0 Å². The number of aromatic nitrogens is 3. The van der Waals surface area contributed by atoms with Crippen molar-refractivity contribution in [3.8, 4) is 5.88 Å². The van der Waals surface area contributed by atoms with E-state index in [4.69, 9.17) is 4.74 Å². The lowest BCUT2D eigenvalue weighted by molar-refractivity contribution is -0.165. The molecule has 1 amide bonds. The molecule has 3 aromatic heterocycles. The summed E-state index contributed by atoms with van der Waals surface area (Å²) in [6.07, 6.45) is 6.58. The highest BCUT2D eigenvalue weighted by atomic mass is 16.5. The summed E-state index contributed by atoms with van der Waals surface area (Å²) in [6, 6.07) is 10.9. The van der Waals surface area contributed by atoms with Crippen LogP contribution in [-0.2, 0) is 16.0 Å². The molecule has 3 aromatic rings. The van der Waals surface area contributed by atoms with Crippen LogP contribution in [0.3, 0.4) is 0 Å². The smallest absolute Gasteiger partial charge is 0.305 e. The lowest BCUT2D eigenvalue weighted by atomic mass is 9.74. The average Bonchev–Trinajstić information content (AvgIpc) is 2.83. The standard InChI is InChI=1S/C25H28N4O4/c1-25(12-4-3-7-19-10-8-17-6-5-13-26-23(17)28-19)16-29(24(25)32)20(14-22(30)31)18-9-11-21(33-2)27-15-18/h5-6,8-11,13,15,20H,3-4,7,12,14,16H2,1-2H3,(H,30,31)/t20-,25?/m0/s1. The number of hydrogen-bond acceptors (Lipinski definition) is 6. The van der Waals surface area contributed by atoms with Crippen LogP contribution in [0.2, 0.25) is 0 Å². The van der Waals surface area contributed by atoms with Crippen molar-refractivity contribution < 1.29 is 19.4 Å². The molecule has 4 heterocycles. The van der Waals surface area contributed by atoms with E-state index in [9.17, 15) is 14.7 Å². The van der Waals surface area contributed by atoms with Crippen molar-refractivity contribution in [3.05, 3.63) is 60.0 Å². The largest absolute Gasteiger partial charge is 0.481 e. The number of carboxylic acids is 1. The molecule has 8 heteroatoms. The van der Waals surface area contributed by atoms with Crippen molar-refractivity contribution in [1.29, 1.82) is 0 Å². The Morgan fingerprint density at radius 2 is 2.06 bits per heavy atom. The topological polar surface area (TPSA) is 106 Å². The third-order valence-electron chi connectivity index (χ3n) is 6.33. The van der Waals surface area contributed by atoms with E-state index in [1.165, 1.54) is 7.11 Å². The van der Waals surface area contributed by atoms with Gasteiger partial charge >= 0.3 is 5.97 Å². The number of carboxylic acid groups (broad SMARTS) is 1. The van der Waals surface area contributed by atoms with Crippen LogP contribution in [0.1, 0.15) is 49.9 Å². The van der Waals surface area contributed by atoms with Gasteiger partial charge in [0, 0.05) is 36.1 Å². The zero-order valence-corrected chi connectivity index (χ0v) is 18.9. The van der Waals surface area contributed by atoms with Gasteiger partial charge in [-0.2, -0.15) is 0 Å². The number of β-lactam (4-membered cyclic amide) rings is 1. The number of carbonyl (C=O) groups is 2. The van der Waals surface area contributed by atoms with Crippen LogP contribution in [0.5, 0.6) is 5.88 Å². The second-order valence-corrected chi connectivity index (χ2v) is 8.80. The predicted molar refractivity (Wildman–Crippen MR) is 123 cm³/mol. The van der Waals surface area contributed by atoms with E-state index in [-0.39, 0.29) is 12.3 Å². The maximum atomic E-state index is 13.1. The van der Waals surface area contributed by atoms with E-state index in [0.29, 0.717) is 18.0 Å². The Morgan fingerprint density at radius 1 is 1.21 bits per heavy atom. The highest BCUT2D eigenvalue weighted by Crippen LogP contribution is 2.42. The molecule has 2 atom stereocenters. The van der Waals surface area contributed by atoms with E-state index in [0.717, 1.165) is 42.4 Å². The molecule has 172 valence electrons. The first-order valence-corrected chi connectivity index (χ1v) is 11.1. The molecular weight excluding hydrogens is 420 g/mol. The Bertz CT molecular complexity index is 1150. The van der Waals surface area contributed by atoms with Crippen LogP contribution >= 0.6 is 0 Å². The van der Waals surface area contributed by atoms with Gasteiger partial charge in [-0.25, -0.2) is 15.0 Å². The fourth-order valence-electron chi connectivity index (χ4n) is 4.44. The SMILES string of the molecule is COc1ccc([C@H](CC(=O)O)N2CC(C)(CCCCc3ccc4cccnc4n3)C2=O)cn1. The van der Waals surface area contributed by atoms with Gasteiger partial charge in [0.15, 0.2) is 5.65 Å². The van der Waals surface area contributed by atoms with Crippen molar-refractivity contribution in [1.82, 2.24) is 19.9 Å². The van der Waals surface area contributed by atoms with Crippen LogP contribution in [0, 0.1) is 5.41 Å². The number of unbranched alkanes of at least 4 members (excludes halogenated alkanes) is 1. The van der Waals surface area contributed by atoms with Gasteiger partial charge in [0.2, 0.25) is 11.8 Å². The number of carbonyl (C=O) groups excluding carboxylic acids is 1. The quantitative estimate of drug-likeness (QED) is 0.371. The van der Waals surface area contributed by atoms with Crippen molar-refractivity contribution in [2.75, 3.05) is 13.7 Å². The number of nitrogens with zero attached hydrogens (tertiary/aromatic N) is 4. The number of ether oxygens (including phenoxy) is 1. The van der Waals surface area contributed by atoms with Gasteiger partial charge in [0.1, 0.15) is 0 Å². The number of rotatable bonds is 10. The predicted octanol–water partition coefficient (Wildman–Crippen LogP) is 3.81. The summed E-state index contributed by atoms with van der Waals surface area (Å²) in [7, 11) is 1.52. The van der Waals surface area contributed by atoms with Gasteiger partial charge in [-0.1, -0.05) is 12.5 Å². The summed E-state index contributed by atoms with van der Waals surface area (Å²) >= 11 is 0. The molecule has 0 radical (unpaired) electrons. The summed E-state index contributed by atoms with van der Waals surface area (Å²) in [4.78, 5) is 39.3. The summed E-state index contributed by atoms with van der Waals surface area (Å²) < 4.78 is 5.08. The second-order valence-electron chi connectivity index (χ2n) is 8.80. The molecule has 8 nitrogen and oxygen atoms in total. The van der Waals surface area contributed by atoms with Gasteiger partial charge in [-0.05, 0) is 56.0 Å². The van der Waals surface area contributed by atoms with Crippen molar-refractivity contribution in [2.24, 2.45) is 5.41 Å². The minimum absolute atomic E-state index is 0.00222. The number of aliphatic carboxylic acids is 1. The summed E-state index contributed by atoms with van der Waals surface area (Å²) in [5.74, 6) is -0.503. The molecule has 1 fully saturated rings. The van der Waals surface area contributed by atoms with Gasteiger partial charge in [-0.3, -0.25) is 9.59 Å². The first-order valence-electron chi connectivity index (χ1n) is 11.1. The molecule has 1 aliphatic rings. The maximum Gasteiger partial charge on any atom is 0.305 e. The Labute approximate surface area is 192 Å². The van der Waals surface area contributed by atoms with Crippen molar-refractivity contribution in [2.45, 2.75) is 45.1 Å². The van der Waals surface area contributed by atoms with Gasteiger partial charge in [0.25, 0.3) is 0 Å². The maximum absolute atomic E-state index is 13.1. The van der Waals surface area contributed by atoms with Gasteiger partial charge in [-0.15, -0.1) is 0 Å². The van der Waals surface area contributed by atoms with E-state index in [1.54, 1.807) is 29.4 Å². The number of methoxy groups -OCH3 is 1. The zero-order chi connectivity index (χ0) is 23.4. The lowest BCUT2D eigenvalue weighted by Gasteiger charge is -2.50. The fraction of sp³-hybridized carbons (Fsp3) is 0.400. The molecule has 0 spiro atoms. The number of hydrogen-bond donors (Lipinski definition) is 1. The Hall–Kier alpha value is -3.55. The normalized spacial score (nSPS) is 18.7. The Balaban J connectivity index is 1.33. The summed E-state index contributed by atoms with van der Waals surface area (Å²) in [5.41, 5.74) is 1.99. The molecule has 0 bridgehead atoms. The van der Waals surface area contributed by atoms with E-state index < -0.39 is 17.4 Å². The van der Waals surface area contributed by atoms with Gasteiger partial charge < -0.3 is 14.7 Å². The first-order chi connectivity index (χ1) is 15.9. The Kier molecular flexibility index (Phi) is 6.53. The number of fused-ring (bicyclic) bond motifs is 1. The molecule has 33 heavy (non-hydrogen) atoms. The molecule has 1 N–H and O–H groups in total. The third kappa shape index (κ3) is 4.94. The molecule has 0 saturated carbocycles. The average molecular weight is 449 g/mol. The minimum Gasteiger partial charge on any atom is -0.481 e. The van der Waals surface area contributed by atoms with Gasteiger partial charge in [0.05, 0.1) is 25.0 Å². The molecule has 1 unspecified atom stereocenters. The van der Waals surface area contributed by atoms with Crippen LogP contribution < -0.4 is 4.74 Å². The second kappa shape index (κ2) is 9.52. The monoisotopic (exact) mass is 448 g/mol. The summed E-state index contributed by atoms with van der Waals surface area (Å²) in [6.45, 7) is 2.50. The first kappa shape index (κ1) is 22.6. The van der Waals surface area contributed by atoms with Crippen LogP contribution in [0.4, 0.5) is 0 Å². The van der Waals surface area contributed by atoms with Crippen LogP contribution in [0.15, 0.2) is 48.8 Å². The molecule has 0 aliphatic carbocycles. The third-order valence-corrected chi connectivity index (χ3v) is 6.33. The molecule has 0 aromatic carbocycles. The number of likely N-dealkylation sites (tertiary alicyclic amines) is 1. The lowest BCUT2D eigenvalue weighted by Crippen LogP contribution is -2.61. The number of aryl methyl sites for hydroxylation is 1. The fourth-order valence-corrected chi connectivity index (χ4v) is 4.44. The number of pyridine rings is 3. The highest BCUT2D eigenvalue weighted by Gasteiger charge is 2.50. The summed E-state index contributed by atoms with van der Waals surface area (Å²) in [5, 5.41) is 10.4. The number of amides is 1. The molecule has 1 saturated heterocycles. The zero-order valence-electron chi connectivity index (χ0n) is 18.9. The minimum atomic E-state index is -0.949. The van der Waals surface area contributed by atoms with Crippen LogP contribution in [-0.4, -0.2) is 50.5 Å². The van der Waals surface area contributed by atoms with E-state index in [2.05, 4.69) is 15.0 Å². The van der Waals surface area contributed by atoms with E-state index in [1.807, 2.05) is 31.2 Å². The highest BCUT2D eigenvalue weighted by molar-refractivity contribution is 5.89. The van der Waals surface area contributed by atoms with Crippen molar-refractivity contribution >= 4 is 22.9 Å². The molecule has 1 aliphatic heterocycles. The Morgan fingerprint density at radius 3 is 2.76 bits per heavy atom.